The van der Waals surface area contributed by atoms with Crippen molar-refractivity contribution in [2.45, 2.75) is 31.2 Å². The molecule has 76 valence electrons. The van der Waals surface area contributed by atoms with Gasteiger partial charge in [-0.15, -0.1) is 0 Å². The van der Waals surface area contributed by atoms with Gasteiger partial charge in [-0.05, 0) is 32.4 Å². The highest BCUT2D eigenvalue weighted by molar-refractivity contribution is 6.09. The fourth-order valence-electron chi connectivity index (χ4n) is 2.71. The lowest BCUT2D eigenvalue weighted by Gasteiger charge is -2.29. The summed E-state index contributed by atoms with van der Waals surface area (Å²) in [5.41, 5.74) is -0.360. The third-order valence-corrected chi connectivity index (χ3v) is 3.51. The standard InChI is InChI=1S/C10H15N3O/c14-9-10(3-5-11-6-4-10)12-8-2-1-7-13(8)9/h11H,1-7H2. The summed E-state index contributed by atoms with van der Waals surface area (Å²) in [6.45, 7) is 2.75. The third kappa shape index (κ3) is 0.974. The second-order valence-corrected chi connectivity index (χ2v) is 4.37. The van der Waals surface area contributed by atoms with E-state index in [4.69, 9.17) is 0 Å². The molecule has 0 aromatic rings. The van der Waals surface area contributed by atoms with E-state index in [1.165, 1.54) is 0 Å². The van der Waals surface area contributed by atoms with Crippen molar-refractivity contribution < 1.29 is 4.79 Å². The molecule has 0 radical (unpaired) electrons. The third-order valence-electron chi connectivity index (χ3n) is 3.51. The molecule has 1 spiro atoms. The number of hydrogen-bond acceptors (Lipinski definition) is 3. The molecular formula is C10H15N3O. The molecule has 0 aromatic carbocycles. The molecule has 3 rings (SSSR count). The number of nitrogens with one attached hydrogen (secondary N) is 1. The summed E-state index contributed by atoms with van der Waals surface area (Å²) in [6, 6.07) is 0. The molecular weight excluding hydrogens is 178 g/mol. The van der Waals surface area contributed by atoms with Crippen LogP contribution in [0.5, 0.6) is 0 Å². The van der Waals surface area contributed by atoms with E-state index in [2.05, 4.69) is 10.3 Å². The number of fused-ring (bicyclic) bond motifs is 1. The Hall–Kier alpha value is -0.900. The minimum absolute atomic E-state index is 0.270. The van der Waals surface area contributed by atoms with Crippen molar-refractivity contribution in [3.05, 3.63) is 0 Å². The first-order chi connectivity index (χ1) is 6.82. The molecule has 2 saturated heterocycles. The van der Waals surface area contributed by atoms with Crippen LogP contribution in [-0.4, -0.2) is 41.8 Å². The van der Waals surface area contributed by atoms with Gasteiger partial charge in [0.15, 0.2) is 0 Å². The molecule has 4 heteroatoms. The van der Waals surface area contributed by atoms with Gasteiger partial charge in [0.2, 0.25) is 0 Å². The molecule has 1 amide bonds. The highest BCUT2D eigenvalue weighted by Crippen LogP contribution is 2.34. The van der Waals surface area contributed by atoms with Gasteiger partial charge in [0, 0.05) is 13.0 Å². The Morgan fingerprint density at radius 2 is 2.14 bits per heavy atom. The van der Waals surface area contributed by atoms with Crippen LogP contribution in [0.15, 0.2) is 4.99 Å². The monoisotopic (exact) mass is 193 g/mol. The van der Waals surface area contributed by atoms with Crippen LogP contribution < -0.4 is 5.32 Å². The van der Waals surface area contributed by atoms with Gasteiger partial charge in [0.25, 0.3) is 5.91 Å². The quantitative estimate of drug-likeness (QED) is 0.595. The minimum Gasteiger partial charge on any atom is -0.317 e. The van der Waals surface area contributed by atoms with Crippen LogP contribution in [0.1, 0.15) is 25.7 Å². The van der Waals surface area contributed by atoms with Gasteiger partial charge in [-0.25, -0.2) is 0 Å². The van der Waals surface area contributed by atoms with Crippen molar-refractivity contribution in [2.75, 3.05) is 19.6 Å². The zero-order chi connectivity index (χ0) is 9.60. The summed E-state index contributed by atoms with van der Waals surface area (Å²) in [6.07, 6.45) is 3.86. The van der Waals surface area contributed by atoms with Gasteiger partial charge in [-0.3, -0.25) is 14.7 Å². The average molecular weight is 193 g/mol. The van der Waals surface area contributed by atoms with Crippen LogP contribution in [0.2, 0.25) is 0 Å². The zero-order valence-electron chi connectivity index (χ0n) is 8.25. The maximum Gasteiger partial charge on any atom is 0.255 e. The van der Waals surface area contributed by atoms with Gasteiger partial charge < -0.3 is 5.32 Å². The highest BCUT2D eigenvalue weighted by Gasteiger charge is 2.49. The highest BCUT2D eigenvalue weighted by atomic mass is 16.2. The number of carbonyl (C=O) groups excluding carboxylic acids is 1. The van der Waals surface area contributed by atoms with Crippen LogP contribution >= 0.6 is 0 Å². The lowest BCUT2D eigenvalue weighted by molar-refractivity contribution is -0.131. The van der Waals surface area contributed by atoms with E-state index in [0.29, 0.717) is 0 Å². The predicted octanol–water partition coefficient (Wildman–Crippen LogP) is 0.143. The predicted molar refractivity (Wildman–Crippen MR) is 53.2 cm³/mol. The minimum atomic E-state index is -0.360. The Morgan fingerprint density at radius 1 is 1.36 bits per heavy atom. The van der Waals surface area contributed by atoms with Crippen molar-refractivity contribution in [1.82, 2.24) is 10.2 Å². The van der Waals surface area contributed by atoms with Crippen molar-refractivity contribution in [2.24, 2.45) is 4.99 Å². The molecule has 0 bridgehead atoms. The van der Waals surface area contributed by atoms with Crippen molar-refractivity contribution in [3.8, 4) is 0 Å². The maximum absolute atomic E-state index is 12.1. The molecule has 0 unspecified atom stereocenters. The van der Waals surface area contributed by atoms with Gasteiger partial charge in [-0.2, -0.15) is 0 Å². The molecule has 2 fully saturated rings. The molecule has 3 aliphatic heterocycles. The Balaban J connectivity index is 1.94. The lowest BCUT2D eigenvalue weighted by Crippen LogP contribution is -2.48. The maximum atomic E-state index is 12.1. The number of nitrogens with zero attached hydrogens (tertiary/aromatic N) is 2. The Bertz CT molecular complexity index is 304. The van der Waals surface area contributed by atoms with E-state index in [9.17, 15) is 4.79 Å². The van der Waals surface area contributed by atoms with Crippen molar-refractivity contribution >= 4 is 11.7 Å². The van der Waals surface area contributed by atoms with E-state index in [0.717, 1.165) is 51.2 Å². The molecule has 0 aliphatic carbocycles. The van der Waals surface area contributed by atoms with Crippen molar-refractivity contribution in [1.29, 1.82) is 0 Å². The number of amides is 1. The van der Waals surface area contributed by atoms with Crippen LogP contribution in [0.3, 0.4) is 0 Å². The summed E-state index contributed by atoms with van der Waals surface area (Å²) in [7, 11) is 0. The molecule has 3 aliphatic rings. The molecule has 14 heavy (non-hydrogen) atoms. The second-order valence-electron chi connectivity index (χ2n) is 4.37. The first-order valence-corrected chi connectivity index (χ1v) is 5.43. The van der Waals surface area contributed by atoms with Gasteiger partial charge in [0.05, 0.1) is 0 Å². The first-order valence-electron chi connectivity index (χ1n) is 5.43. The summed E-state index contributed by atoms with van der Waals surface area (Å²) in [5.74, 6) is 1.32. The first kappa shape index (κ1) is 8.41. The average Bonchev–Trinajstić information content (AvgIpc) is 2.73. The number of amidine groups is 1. The Kier molecular flexibility index (Phi) is 1.68. The number of carbonyl (C=O) groups is 1. The fraction of sp³-hybridized carbons (Fsp3) is 0.800. The number of rotatable bonds is 0. The normalized spacial score (nSPS) is 29.6. The summed E-state index contributed by atoms with van der Waals surface area (Å²) >= 11 is 0. The number of piperidine rings is 1. The zero-order valence-corrected chi connectivity index (χ0v) is 8.25. The van der Waals surface area contributed by atoms with Gasteiger partial charge in [-0.1, -0.05) is 0 Å². The molecule has 1 N–H and O–H groups in total. The summed E-state index contributed by atoms with van der Waals surface area (Å²) < 4.78 is 0. The van der Waals surface area contributed by atoms with Crippen LogP contribution in [0.4, 0.5) is 0 Å². The van der Waals surface area contributed by atoms with Crippen LogP contribution in [-0.2, 0) is 4.79 Å². The smallest absolute Gasteiger partial charge is 0.255 e. The van der Waals surface area contributed by atoms with E-state index < -0.39 is 0 Å². The topological polar surface area (TPSA) is 44.7 Å². The molecule has 3 heterocycles. The van der Waals surface area contributed by atoms with Crippen LogP contribution in [0, 0.1) is 0 Å². The van der Waals surface area contributed by atoms with E-state index >= 15 is 0 Å². The SMILES string of the molecule is O=C1N2CCCC2=NC12CCNCC2. The van der Waals surface area contributed by atoms with E-state index in [1.54, 1.807) is 0 Å². The van der Waals surface area contributed by atoms with E-state index in [-0.39, 0.29) is 11.4 Å². The molecule has 0 atom stereocenters. The molecule has 0 aromatic heterocycles. The Labute approximate surface area is 83.4 Å². The van der Waals surface area contributed by atoms with Crippen LogP contribution in [0.25, 0.3) is 0 Å². The number of aliphatic imine (C=N–C) groups is 1. The molecule has 0 saturated carbocycles. The fourth-order valence-corrected chi connectivity index (χ4v) is 2.71. The van der Waals surface area contributed by atoms with Gasteiger partial charge in [0.1, 0.15) is 11.4 Å². The largest absolute Gasteiger partial charge is 0.317 e. The van der Waals surface area contributed by atoms with Gasteiger partial charge >= 0.3 is 0 Å². The summed E-state index contributed by atoms with van der Waals surface area (Å²) in [5, 5.41) is 3.28. The number of hydrogen-bond donors (Lipinski definition) is 1. The lowest BCUT2D eigenvalue weighted by atomic mass is 9.88. The second kappa shape index (κ2) is 2.79. The summed E-state index contributed by atoms with van der Waals surface area (Å²) in [4.78, 5) is 18.7. The Morgan fingerprint density at radius 3 is 2.86 bits per heavy atom. The van der Waals surface area contributed by atoms with Crippen molar-refractivity contribution in [3.63, 3.8) is 0 Å². The molecule has 4 nitrogen and oxygen atoms in total. The van der Waals surface area contributed by atoms with E-state index in [1.807, 2.05) is 4.90 Å².